The van der Waals surface area contributed by atoms with Gasteiger partial charge in [0.25, 0.3) is 0 Å². The molecule has 1 rings (SSSR count). The number of carbonyl (C=O) groups is 1. The maximum Gasteiger partial charge on any atom is 0.373 e. The fraction of sp³-hybridized carbons (Fsp3) is 0. The van der Waals surface area contributed by atoms with Gasteiger partial charge in [-0.2, -0.15) is 9.59 Å². The first-order valence-electron chi connectivity index (χ1n) is 2.91. The number of pyridine rings is 1. The minimum absolute atomic E-state index is 0.250. The molecular formula is C7H6N2O3. The average molecular weight is 166 g/mol. The van der Waals surface area contributed by atoms with Gasteiger partial charge in [0.05, 0.1) is 5.56 Å². The van der Waals surface area contributed by atoms with Crippen LogP contribution in [0.4, 0.5) is 0 Å². The third kappa shape index (κ3) is 3.92. The van der Waals surface area contributed by atoms with Crippen LogP contribution in [-0.2, 0) is 9.59 Å². The number of hydrogen-bond acceptors (Lipinski definition) is 4. The Hall–Kier alpha value is -2.00. The minimum atomic E-state index is -0.442. The number of carbonyl (C=O) groups excluding carboxylic acids is 3. The highest BCUT2D eigenvalue weighted by Gasteiger charge is 1.94. The van der Waals surface area contributed by atoms with Crippen molar-refractivity contribution < 1.29 is 14.4 Å². The van der Waals surface area contributed by atoms with Crippen molar-refractivity contribution in [2.75, 3.05) is 0 Å². The lowest BCUT2D eigenvalue weighted by Gasteiger charge is -1.88. The summed E-state index contributed by atoms with van der Waals surface area (Å²) in [4.78, 5) is 30.3. The topological polar surface area (TPSA) is 90.1 Å². The highest BCUT2D eigenvalue weighted by molar-refractivity contribution is 5.92. The Kier molecular flexibility index (Phi) is 4.80. The standard InChI is InChI=1S/C6H6N2O.CO2/c7-6(9)5-2-1-3-8-4-5;2-1-3/h1-4H,(H2,7,9);. The van der Waals surface area contributed by atoms with Gasteiger partial charge in [0.15, 0.2) is 0 Å². The molecule has 0 aromatic carbocycles. The highest BCUT2D eigenvalue weighted by Crippen LogP contribution is 1.91. The van der Waals surface area contributed by atoms with Crippen molar-refractivity contribution in [1.29, 1.82) is 0 Å². The van der Waals surface area contributed by atoms with Crippen LogP contribution < -0.4 is 5.73 Å². The second-order valence-electron chi connectivity index (χ2n) is 1.69. The van der Waals surface area contributed by atoms with Crippen LogP contribution in [0.2, 0.25) is 0 Å². The van der Waals surface area contributed by atoms with Gasteiger partial charge in [-0.15, -0.1) is 0 Å². The monoisotopic (exact) mass is 166 g/mol. The minimum Gasteiger partial charge on any atom is -0.366 e. The molecule has 2 N–H and O–H groups in total. The fourth-order valence-electron chi connectivity index (χ4n) is 0.509. The van der Waals surface area contributed by atoms with E-state index < -0.39 is 5.91 Å². The SMILES string of the molecule is NC(=O)c1cccnc1.O=C=O. The summed E-state index contributed by atoms with van der Waals surface area (Å²) in [5.74, 6) is -0.442. The van der Waals surface area contributed by atoms with Crippen LogP contribution in [0.15, 0.2) is 24.5 Å². The van der Waals surface area contributed by atoms with Crippen LogP contribution in [0.1, 0.15) is 10.4 Å². The molecule has 1 heterocycles. The van der Waals surface area contributed by atoms with E-state index >= 15 is 0 Å². The first-order chi connectivity index (χ1) is 5.72. The largest absolute Gasteiger partial charge is 0.373 e. The van der Waals surface area contributed by atoms with Crippen molar-refractivity contribution in [3.05, 3.63) is 30.1 Å². The van der Waals surface area contributed by atoms with E-state index in [4.69, 9.17) is 15.3 Å². The van der Waals surface area contributed by atoms with Gasteiger partial charge < -0.3 is 5.73 Å². The number of nitrogens with two attached hydrogens (primary N) is 1. The molecule has 0 aliphatic heterocycles. The first kappa shape index (κ1) is 10.0. The zero-order valence-corrected chi connectivity index (χ0v) is 6.06. The highest BCUT2D eigenvalue weighted by atomic mass is 16.2. The summed E-state index contributed by atoms with van der Waals surface area (Å²) in [5, 5.41) is 0. The van der Waals surface area contributed by atoms with E-state index in [9.17, 15) is 4.79 Å². The van der Waals surface area contributed by atoms with E-state index in [1.807, 2.05) is 0 Å². The number of rotatable bonds is 1. The van der Waals surface area contributed by atoms with Gasteiger partial charge in [-0.3, -0.25) is 9.78 Å². The third-order valence-electron chi connectivity index (χ3n) is 0.946. The number of nitrogens with zero attached hydrogens (tertiary/aromatic N) is 1. The number of hydrogen-bond donors (Lipinski definition) is 1. The molecule has 62 valence electrons. The molecule has 1 aromatic heterocycles. The molecule has 0 aliphatic carbocycles. The third-order valence-corrected chi connectivity index (χ3v) is 0.946. The van der Waals surface area contributed by atoms with Crippen LogP contribution in [0.3, 0.4) is 0 Å². The predicted molar refractivity (Wildman–Crippen MR) is 37.8 cm³/mol. The van der Waals surface area contributed by atoms with Crippen molar-refractivity contribution in [2.45, 2.75) is 0 Å². The molecule has 0 fully saturated rings. The molecule has 0 radical (unpaired) electrons. The Morgan fingerprint density at radius 3 is 2.33 bits per heavy atom. The predicted octanol–water partition coefficient (Wildman–Crippen LogP) is -0.403. The summed E-state index contributed by atoms with van der Waals surface area (Å²) in [7, 11) is 0. The van der Waals surface area contributed by atoms with Crippen molar-refractivity contribution >= 4 is 12.1 Å². The zero-order chi connectivity index (χ0) is 9.40. The number of amides is 1. The molecule has 0 unspecified atom stereocenters. The van der Waals surface area contributed by atoms with Gasteiger partial charge in [0.2, 0.25) is 5.91 Å². The van der Waals surface area contributed by atoms with Gasteiger partial charge in [0.1, 0.15) is 0 Å². The van der Waals surface area contributed by atoms with Crippen molar-refractivity contribution in [1.82, 2.24) is 4.98 Å². The normalized spacial score (nSPS) is 7.33. The summed E-state index contributed by atoms with van der Waals surface area (Å²) in [6.07, 6.45) is 3.27. The Balaban J connectivity index is 0.000000354. The Morgan fingerprint density at radius 1 is 1.50 bits per heavy atom. The first-order valence-corrected chi connectivity index (χ1v) is 2.91. The summed E-state index contributed by atoms with van der Waals surface area (Å²) in [6.45, 7) is 0. The van der Waals surface area contributed by atoms with Crippen LogP contribution in [0.5, 0.6) is 0 Å². The molecule has 5 nitrogen and oxygen atoms in total. The molecule has 0 saturated carbocycles. The van der Waals surface area contributed by atoms with E-state index in [0.717, 1.165) is 0 Å². The van der Waals surface area contributed by atoms with Crippen molar-refractivity contribution in [3.63, 3.8) is 0 Å². The van der Waals surface area contributed by atoms with Gasteiger partial charge in [-0.25, -0.2) is 0 Å². The molecule has 12 heavy (non-hydrogen) atoms. The van der Waals surface area contributed by atoms with E-state index in [1.165, 1.54) is 6.20 Å². The lowest BCUT2D eigenvalue weighted by atomic mass is 10.3. The van der Waals surface area contributed by atoms with E-state index in [1.54, 1.807) is 18.3 Å². The molecule has 5 heteroatoms. The van der Waals surface area contributed by atoms with Crippen LogP contribution in [-0.4, -0.2) is 17.0 Å². The van der Waals surface area contributed by atoms with Crippen LogP contribution in [0, 0.1) is 0 Å². The van der Waals surface area contributed by atoms with Gasteiger partial charge >= 0.3 is 6.15 Å². The molecule has 1 amide bonds. The van der Waals surface area contributed by atoms with Gasteiger partial charge in [0, 0.05) is 12.4 Å². The molecule has 0 saturated heterocycles. The smallest absolute Gasteiger partial charge is 0.366 e. The van der Waals surface area contributed by atoms with E-state index in [2.05, 4.69) is 4.98 Å². The summed E-state index contributed by atoms with van der Waals surface area (Å²) in [5.41, 5.74) is 5.38. The lowest BCUT2D eigenvalue weighted by molar-refractivity contribution is -0.191. The van der Waals surface area contributed by atoms with Gasteiger partial charge in [-0.1, -0.05) is 0 Å². The average Bonchev–Trinajstić information content (AvgIpc) is 2.07. The molecule has 0 spiro atoms. The molecule has 0 aliphatic rings. The number of primary amides is 1. The fourth-order valence-corrected chi connectivity index (χ4v) is 0.509. The van der Waals surface area contributed by atoms with E-state index in [0.29, 0.717) is 5.56 Å². The van der Waals surface area contributed by atoms with Crippen LogP contribution in [0.25, 0.3) is 0 Å². The van der Waals surface area contributed by atoms with Crippen molar-refractivity contribution in [3.8, 4) is 0 Å². The van der Waals surface area contributed by atoms with Crippen molar-refractivity contribution in [2.24, 2.45) is 5.73 Å². The molecule has 1 aromatic rings. The Morgan fingerprint density at radius 2 is 2.08 bits per heavy atom. The zero-order valence-electron chi connectivity index (χ0n) is 6.06. The number of aromatic nitrogens is 1. The summed E-state index contributed by atoms with van der Waals surface area (Å²) >= 11 is 0. The maximum absolute atomic E-state index is 10.4. The second-order valence-corrected chi connectivity index (χ2v) is 1.69. The van der Waals surface area contributed by atoms with Gasteiger partial charge in [-0.05, 0) is 12.1 Å². The lowest BCUT2D eigenvalue weighted by Crippen LogP contribution is -2.10. The van der Waals surface area contributed by atoms with E-state index in [-0.39, 0.29) is 6.15 Å². The molecular weight excluding hydrogens is 160 g/mol. The summed E-state index contributed by atoms with van der Waals surface area (Å²) in [6, 6.07) is 3.29. The molecule has 0 bridgehead atoms. The Labute approximate surface area is 68.2 Å². The quantitative estimate of drug-likeness (QED) is 0.614. The Bertz CT molecular complexity index is 278. The maximum atomic E-state index is 10.4. The summed E-state index contributed by atoms with van der Waals surface area (Å²) < 4.78 is 0. The molecule has 0 atom stereocenters. The second kappa shape index (κ2) is 5.76. The van der Waals surface area contributed by atoms with Crippen LogP contribution >= 0.6 is 0 Å².